The molecule has 180 valence electrons. The molecule has 2 aromatic carbocycles. The molecule has 2 aliphatic rings. The molecule has 0 heterocycles. The van der Waals surface area contributed by atoms with Crippen LogP contribution in [0.15, 0.2) is 47.5 Å². The average molecular weight is 461 g/mol. The van der Waals surface area contributed by atoms with Gasteiger partial charge in [0.25, 0.3) is 5.91 Å². The van der Waals surface area contributed by atoms with Crippen molar-refractivity contribution in [3.8, 4) is 0 Å². The van der Waals surface area contributed by atoms with Gasteiger partial charge in [-0.3, -0.25) is 14.6 Å². The van der Waals surface area contributed by atoms with Gasteiger partial charge in [0.05, 0.1) is 11.4 Å². The Hall–Kier alpha value is -3.15. The van der Waals surface area contributed by atoms with Gasteiger partial charge in [-0.2, -0.15) is 0 Å². The molecule has 2 unspecified atom stereocenters. The number of amides is 2. The first-order chi connectivity index (χ1) is 16.5. The zero-order valence-electron chi connectivity index (χ0n) is 20.1. The van der Waals surface area contributed by atoms with E-state index in [-0.39, 0.29) is 23.8 Å². The van der Waals surface area contributed by atoms with Gasteiger partial charge in [-0.05, 0) is 67.5 Å². The van der Waals surface area contributed by atoms with E-state index in [0.29, 0.717) is 22.9 Å². The van der Waals surface area contributed by atoms with Crippen LogP contribution >= 0.6 is 0 Å². The molecular weight excluding hydrogens is 424 g/mol. The smallest absolute Gasteiger partial charge is 0.251 e. The zero-order valence-corrected chi connectivity index (χ0v) is 20.1. The molecule has 0 radical (unpaired) electrons. The Morgan fingerprint density at radius 3 is 2.38 bits per heavy atom. The largest absolute Gasteiger partial charge is 0.397 e. The van der Waals surface area contributed by atoms with E-state index in [9.17, 15) is 9.59 Å². The lowest BCUT2D eigenvalue weighted by Crippen LogP contribution is -2.41. The summed E-state index contributed by atoms with van der Waals surface area (Å²) in [6.07, 6.45) is 11.8. The van der Waals surface area contributed by atoms with E-state index in [0.717, 1.165) is 56.2 Å². The van der Waals surface area contributed by atoms with E-state index in [4.69, 9.17) is 5.73 Å². The third-order valence-electron chi connectivity index (χ3n) is 7.23. The molecule has 0 bridgehead atoms. The first-order valence-corrected chi connectivity index (χ1v) is 12.6. The third kappa shape index (κ3) is 6.25. The normalized spacial score (nSPS) is 21.3. The molecule has 0 aliphatic heterocycles. The van der Waals surface area contributed by atoms with Crippen molar-refractivity contribution < 1.29 is 9.59 Å². The maximum atomic E-state index is 12.8. The van der Waals surface area contributed by atoms with E-state index < -0.39 is 0 Å². The summed E-state index contributed by atoms with van der Waals surface area (Å²) in [5.74, 6) is 0.669. The van der Waals surface area contributed by atoms with Gasteiger partial charge < -0.3 is 16.4 Å². The standard InChI is InChI=1S/C28H36N4O2/c1-19-7-5-6-10-25(19)32-28(34)22-13-16-24(29)26(17-22)30-18-20-11-14-23(15-12-20)31-27(33)21-8-3-2-4-9-21/h11-19,21,25H,2-10,29H2,1H3,(H,31,33)(H,32,34). The molecule has 4 N–H and O–H groups in total. The highest BCUT2D eigenvalue weighted by Crippen LogP contribution is 2.27. The Kier molecular flexibility index (Phi) is 7.99. The number of hydrogen-bond donors (Lipinski definition) is 3. The summed E-state index contributed by atoms with van der Waals surface area (Å²) in [5, 5.41) is 6.21. The van der Waals surface area contributed by atoms with Crippen molar-refractivity contribution in [3.05, 3.63) is 53.6 Å². The van der Waals surface area contributed by atoms with Gasteiger partial charge in [0.15, 0.2) is 0 Å². The number of anilines is 2. The van der Waals surface area contributed by atoms with Gasteiger partial charge in [0.2, 0.25) is 5.91 Å². The van der Waals surface area contributed by atoms with Crippen LogP contribution in [0.5, 0.6) is 0 Å². The van der Waals surface area contributed by atoms with Crippen LogP contribution in [-0.2, 0) is 4.79 Å². The second kappa shape index (κ2) is 11.3. The van der Waals surface area contributed by atoms with E-state index in [1.807, 2.05) is 24.3 Å². The lowest BCUT2D eigenvalue weighted by molar-refractivity contribution is -0.120. The number of carbonyl (C=O) groups is 2. The summed E-state index contributed by atoms with van der Waals surface area (Å²) in [4.78, 5) is 29.8. The van der Waals surface area contributed by atoms with Crippen LogP contribution in [-0.4, -0.2) is 24.1 Å². The number of carbonyl (C=O) groups excluding carboxylic acids is 2. The minimum atomic E-state index is -0.0757. The summed E-state index contributed by atoms with van der Waals surface area (Å²) in [6, 6.07) is 13.1. The van der Waals surface area contributed by atoms with Crippen LogP contribution in [0.25, 0.3) is 0 Å². The molecule has 0 spiro atoms. The van der Waals surface area contributed by atoms with Gasteiger partial charge in [-0.15, -0.1) is 0 Å². The van der Waals surface area contributed by atoms with Crippen molar-refractivity contribution in [1.82, 2.24) is 5.32 Å². The number of nitrogens with one attached hydrogen (secondary N) is 2. The van der Waals surface area contributed by atoms with Crippen molar-refractivity contribution in [2.24, 2.45) is 16.8 Å². The Labute approximate surface area is 202 Å². The van der Waals surface area contributed by atoms with Gasteiger partial charge in [-0.1, -0.05) is 51.2 Å². The first kappa shape index (κ1) is 24.0. The minimum absolute atomic E-state index is 0.0757. The molecule has 2 aromatic rings. The molecule has 2 saturated carbocycles. The molecule has 2 aliphatic carbocycles. The van der Waals surface area contributed by atoms with Crippen LogP contribution < -0.4 is 16.4 Å². The summed E-state index contributed by atoms with van der Waals surface area (Å²) in [6.45, 7) is 2.20. The molecule has 34 heavy (non-hydrogen) atoms. The van der Waals surface area contributed by atoms with Gasteiger partial charge >= 0.3 is 0 Å². The maximum absolute atomic E-state index is 12.8. The quantitative estimate of drug-likeness (QED) is 0.373. The fraction of sp³-hybridized carbons (Fsp3) is 0.464. The van der Waals surface area contributed by atoms with Crippen LogP contribution in [0, 0.1) is 11.8 Å². The number of nitrogens with two attached hydrogens (primary N) is 1. The van der Waals surface area contributed by atoms with Gasteiger partial charge in [0.1, 0.15) is 0 Å². The van der Waals surface area contributed by atoms with Gasteiger partial charge in [-0.25, -0.2) is 0 Å². The number of rotatable bonds is 6. The maximum Gasteiger partial charge on any atom is 0.251 e. The van der Waals surface area contributed by atoms with Crippen LogP contribution in [0.4, 0.5) is 17.1 Å². The van der Waals surface area contributed by atoms with E-state index >= 15 is 0 Å². The third-order valence-corrected chi connectivity index (χ3v) is 7.23. The number of nitrogens with zero attached hydrogens (tertiary/aromatic N) is 1. The van der Waals surface area contributed by atoms with E-state index in [1.54, 1.807) is 24.4 Å². The van der Waals surface area contributed by atoms with Crippen molar-refractivity contribution in [3.63, 3.8) is 0 Å². The molecule has 2 atom stereocenters. The van der Waals surface area contributed by atoms with Crippen molar-refractivity contribution in [2.45, 2.75) is 70.8 Å². The van der Waals surface area contributed by atoms with Crippen molar-refractivity contribution in [1.29, 1.82) is 0 Å². The summed E-state index contributed by atoms with van der Waals surface area (Å²) < 4.78 is 0. The molecule has 6 heteroatoms. The molecule has 2 fully saturated rings. The zero-order chi connectivity index (χ0) is 23.9. The van der Waals surface area contributed by atoms with E-state index in [1.165, 1.54) is 12.8 Å². The number of benzene rings is 2. The Morgan fingerprint density at radius 1 is 0.941 bits per heavy atom. The fourth-order valence-electron chi connectivity index (χ4n) is 4.98. The summed E-state index contributed by atoms with van der Waals surface area (Å²) in [5.41, 5.74) is 9.46. The number of nitrogen functional groups attached to an aromatic ring is 1. The topological polar surface area (TPSA) is 96.6 Å². The molecule has 2 amide bonds. The van der Waals surface area contributed by atoms with Crippen LogP contribution in [0.3, 0.4) is 0 Å². The Morgan fingerprint density at radius 2 is 1.65 bits per heavy atom. The van der Waals surface area contributed by atoms with Crippen molar-refractivity contribution in [2.75, 3.05) is 11.1 Å². The van der Waals surface area contributed by atoms with E-state index in [2.05, 4.69) is 22.5 Å². The number of hydrogen-bond acceptors (Lipinski definition) is 4. The summed E-state index contributed by atoms with van der Waals surface area (Å²) >= 11 is 0. The second-order valence-electron chi connectivity index (χ2n) is 9.82. The minimum Gasteiger partial charge on any atom is -0.397 e. The Balaban J connectivity index is 1.38. The summed E-state index contributed by atoms with van der Waals surface area (Å²) in [7, 11) is 0. The van der Waals surface area contributed by atoms with Gasteiger partial charge in [0, 0.05) is 29.4 Å². The van der Waals surface area contributed by atoms with Crippen molar-refractivity contribution >= 4 is 35.1 Å². The first-order valence-electron chi connectivity index (χ1n) is 12.6. The Bertz CT molecular complexity index is 1030. The van der Waals surface area contributed by atoms with Crippen LogP contribution in [0.2, 0.25) is 0 Å². The lowest BCUT2D eigenvalue weighted by atomic mass is 9.86. The number of aliphatic imine (C=N–C) groups is 1. The molecule has 0 saturated heterocycles. The lowest BCUT2D eigenvalue weighted by Gasteiger charge is -2.29. The monoisotopic (exact) mass is 460 g/mol. The molecular formula is C28H36N4O2. The second-order valence-corrected chi connectivity index (χ2v) is 9.82. The highest BCUT2D eigenvalue weighted by molar-refractivity contribution is 5.97. The average Bonchev–Trinajstić information content (AvgIpc) is 2.86. The predicted octanol–water partition coefficient (Wildman–Crippen LogP) is 5.85. The fourth-order valence-corrected chi connectivity index (χ4v) is 4.98. The molecule has 4 rings (SSSR count). The predicted molar refractivity (Wildman–Crippen MR) is 139 cm³/mol. The molecule has 0 aromatic heterocycles. The molecule has 6 nitrogen and oxygen atoms in total. The highest BCUT2D eigenvalue weighted by atomic mass is 16.2. The highest BCUT2D eigenvalue weighted by Gasteiger charge is 2.23. The van der Waals surface area contributed by atoms with Crippen LogP contribution in [0.1, 0.15) is 80.6 Å². The SMILES string of the molecule is CC1CCCCC1NC(=O)c1ccc(N)c(N=Cc2ccc(NC(=O)C3CCCCC3)cc2)c1.